The first-order chi connectivity index (χ1) is 18.5. The Hall–Kier alpha value is -3.18. The number of carboxylic acids is 1. The number of aromatic amines is 1. The predicted octanol–water partition coefficient (Wildman–Crippen LogP) is 5.54. The van der Waals surface area contributed by atoms with E-state index in [9.17, 15) is 27.5 Å². The molecule has 0 aliphatic carbocycles. The van der Waals surface area contributed by atoms with Gasteiger partial charge >= 0.3 is 12.1 Å². The van der Waals surface area contributed by atoms with Gasteiger partial charge in [-0.05, 0) is 55.6 Å². The predicted molar refractivity (Wildman–Crippen MR) is 137 cm³/mol. The first-order valence-corrected chi connectivity index (χ1v) is 12.9. The van der Waals surface area contributed by atoms with Gasteiger partial charge in [-0.1, -0.05) is 25.1 Å². The molecule has 3 atom stereocenters. The number of ether oxygens (including phenoxy) is 1. The van der Waals surface area contributed by atoms with Gasteiger partial charge in [0.25, 0.3) is 0 Å². The second kappa shape index (κ2) is 11.9. The highest BCUT2D eigenvalue weighted by Gasteiger charge is 2.51. The molecule has 39 heavy (non-hydrogen) atoms. The minimum Gasteiger partial charge on any atom is -0.492 e. The number of aliphatic carboxylic acids is 1. The molecule has 0 radical (unpaired) electrons. The minimum atomic E-state index is -4.70. The van der Waals surface area contributed by atoms with Crippen molar-refractivity contribution in [2.45, 2.75) is 44.9 Å². The molecule has 0 saturated carbocycles. The van der Waals surface area contributed by atoms with Gasteiger partial charge in [-0.25, -0.2) is 4.39 Å². The van der Waals surface area contributed by atoms with Crippen LogP contribution in [0.2, 0.25) is 0 Å². The van der Waals surface area contributed by atoms with Crippen LogP contribution in [0, 0.1) is 18.7 Å². The van der Waals surface area contributed by atoms with Crippen LogP contribution < -0.4 is 10.1 Å². The van der Waals surface area contributed by atoms with E-state index in [-0.39, 0.29) is 12.2 Å². The molecular formula is C28H32F5N3O3. The van der Waals surface area contributed by atoms with Crippen LogP contribution in [0.1, 0.15) is 41.8 Å². The van der Waals surface area contributed by atoms with Crippen LogP contribution >= 0.6 is 0 Å². The Labute approximate surface area is 223 Å². The Morgan fingerprint density at radius 2 is 1.97 bits per heavy atom. The number of H-pyrrole nitrogens is 1. The zero-order chi connectivity index (χ0) is 28.3. The number of fused-ring (bicyclic) bond motifs is 3. The van der Waals surface area contributed by atoms with Gasteiger partial charge in [0.2, 0.25) is 0 Å². The standard InChI is InChI=1S/C28H32F5N3O3/c1-16(27(37)38)15-36-23(28(31,32)33)14-19-18-6-3-4-7-21(18)35-25(19)26(36)24-17(2)22(9-8-20(24)30)39-13-12-34-11-5-10-29/h3-4,6-9,16,23,26,34-35H,5,10-15H2,1-2H3,(H,37,38)/t16?,23-,26?/m0/s1. The lowest BCUT2D eigenvalue weighted by Gasteiger charge is -2.44. The lowest BCUT2D eigenvalue weighted by Crippen LogP contribution is -2.54. The van der Waals surface area contributed by atoms with Crippen molar-refractivity contribution in [1.82, 2.24) is 15.2 Å². The number of halogens is 5. The van der Waals surface area contributed by atoms with E-state index in [4.69, 9.17) is 4.74 Å². The number of hydrogen-bond donors (Lipinski definition) is 3. The highest BCUT2D eigenvalue weighted by atomic mass is 19.4. The number of carboxylic acid groups (broad SMARTS) is 1. The molecule has 0 fully saturated rings. The van der Waals surface area contributed by atoms with Gasteiger partial charge in [-0.15, -0.1) is 0 Å². The van der Waals surface area contributed by atoms with Gasteiger partial charge in [0.1, 0.15) is 24.2 Å². The summed E-state index contributed by atoms with van der Waals surface area (Å²) in [6.45, 7) is 3.09. The molecule has 3 aromatic rings. The summed E-state index contributed by atoms with van der Waals surface area (Å²) in [5, 5.41) is 13.2. The third kappa shape index (κ3) is 6.04. The second-order valence-electron chi connectivity index (χ2n) is 9.89. The smallest absolute Gasteiger partial charge is 0.404 e. The van der Waals surface area contributed by atoms with Gasteiger partial charge in [0, 0.05) is 35.2 Å². The number of hydrogen-bond acceptors (Lipinski definition) is 4. The lowest BCUT2D eigenvalue weighted by atomic mass is 9.85. The number of alkyl halides is 4. The van der Waals surface area contributed by atoms with Crippen LogP contribution in [0.3, 0.4) is 0 Å². The largest absolute Gasteiger partial charge is 0.492 e. The van der Waals surface area contributed by atoms with Gasteiger partial charge in [0.15, 0.2) is 0 Å². The third-order valence-electron chi connectivity index (χ3n) is 7.24. The van der Waals surface area contributed by atoms with Crippen molar-refractivity contribution in [2.75, 3.05) is 32.9 Å². The van der Waals surface area contributed by atoms with Crippen LogP contribution in [0.4, 0.5) is 22.0 Å². The van der Waals surface area contributed by atoms with Crippen molar-refractivity contribution in [2.24, 2.45) is 5.92 Å². The first-order valence-electron chi connectivity index (χ1n) is 12.9. The number of aromatic nitrogens is 1. The molecule has 0 saturated heterocycles. The molecule has 3 N–H and O–H groups in total. The summed E-state index contributed by atoms with van der Waals surface area (Å²) in [6.07, 6.45) is -4.73. The maximum atomic E-state index is 15.6. The average molecular weight is 554 g/mol. The quantitative estimate of drug-likeness (QED) is 0.215. The van der Waals surface area contributed by atoms with Crippen molar-refractivity contribution in [3.05, 3.63) is 64.6 Å². The molecule has 0 amide bonds. The Balaban J connectivity index is 1.83. The van der Waals surface area contributed by atoms with E-state index in [2.05, 4.69) is 10.3 Å². The van der Waals surface area contributed by atoms with Crippen LogP contribution in [0.15, 0.2) is 36.4 Å². The highest BCUT2D eigenvalue weighted by Crippen LogP contribution is 2.47. The molecule has 11 heteroatoms. The Kier molecular flexibility index (Phi) is 8.80. The third-order valence-corrected chi connectivity index (χ3v) is 7.24. The minimum absolute atomic E-state index is 0.00256. The number of para-hydroxylation sites is 1. The summed E-state index contributed by atoms with van der Waals surface area (Å²) in [5.74, 6) is -2.80. The highest BCUT2D eigenvalue weighted by molar-refractivity contribution is 5.85. The monoisotopic (exact) mass is 553 g/mol. The molecule has 1 aromatic heterocycles. The number of nitrogens with zero attached hydrogens (tertiary/aromatic N) is 1. The molecule has 0 bridgehead atoms. The van der Waals surface area contributed by atoms with E-state index < -0.39 is 55.6 Å². The van der Waals surface area contributed by atoms with Crippen molar-refractivity contribution >= 4 is 16.9 Å². The number of benzene rings is 2. The lowest BCUT2D eigenvalue weighted by molar-refractivity contribution is -0.193. The summed E-state index contributed by atoms with van der Waals surface area (Å²) in [5.41, 5.74) is 1.77. The maximum Gasteiger partial charge on any atom is 0.404 e. The summed E-state index contributed by atoms with van der Waals surface area (Å²) in [4.78, 5) is 16.0. The molecule has 2 aromatic carbocycles. The fraction of sp³-hybridized carbons (Fsp3) is 0.464. The van der Waals surface area contributed by atoms with Crippen molar-refractivity contribution < 1.29 is 36.6 Å². The molecule has 212 valence electrons. The van der Waals surface area contributed by atoms with E-state index >= 15 is 4.39 Å². The Morgan fingerprint density at radius 3 is 2.67 bits per heavy atom. The summed E-state index contributed by atoms with van der Waals surface area (Å²) in [6, 6.07) is 6.28. The SMILES string of the molecule is Cc1c(OCCNCCCF)ccc(F)c1C1c2[nH]c3ccccc3c2C[C@@H](C(F)(F)F)N1CC(C)C(=O)O. The zero-order valence-electron chi connectivity index (χ0n) is 21.7. The molecule has 2 heterocycles. The Morgan fingerprint density at radius 1 is 1.23 bits per heavy atom. The molecule has 1 aliphatic rings. The van der Waals surface area contributed by atoms with Gasteiger partial charge in [-0.3, -0.25) is 14.1 Å². The number of nitrogens with one attached hydrogen (secondary N) is 2. The van der Waals surface area contributed by atoms with Gasteiger partial charge < -0.3 is 20.1 Å². The fourth-order valence-corrected chi connectivity index (χ4v) is 5.29. The molecule has 1 aliphatic heterocycles. The Bertz CT molecular complexity index is 1310. The van der Waals surface area contributed by atoms with E-state index in [1.54, 1.807) is 31.2 Å². The van der Waals surface area contributed by atoms with Crippen molar-refractivity contribution in [3.8, 4) is 5.75 Å². The number of carbonyl (C=O) groups is 1. The molecule has 2 unspecified atom stereocenters. The summed E-state index contributed by atoms with van der Waals surface area (Å²) in [7, 11) is 0. The first kappa shape index (κ1) is 28.8. The van der Waals surface area contributed by atoms with Crippen LogP contribution in [0.25, 0.3) is 10.9 Å². The molecule has 4 rings (SSSR count). The molecular weight excluding hydrogens is 521 g/mol. The molecule has 6 nitrogen and oxygen atoms in total. The summed E-state index contributed by atoms with van der Waals surface area (Å²) >= 11 is 0. The van der Waals surface area contributed by atoms with Gasteiger partial charge in [-0.2, -0.15) is 13.2 Å². The van der Waals surface area contributed by atoms with E-state index in [1.807, 2.05) is 0 Å². The second-order valence-corrected chi connectivity index (χ2v) is 9.89. The average Bonchev–Trinajstić information content (AvgIpc) is 3.25. The molecule has 0 spiro atoms. The van der Waals surface area contributed by atoms with Crippen LogP contribution in [-0.2, 0) is 11.2 Å². The fourth-order valence-electron chi connectivity index (χ4n) is 5.29. The zero-order valence-corrected chi connectivity index (χ0v) is 21.7. The van der Waals surface area contributed by atoms with E-state index in [0.29, 0.717) is 53.0 Å². The van der Waals surface area contributed by atoms with Gasteiger partial charge in [0.05, 0.1) is 18.6 Å². The maximum absolute atomic E-state index is 15.6. The topological polar surface area (TPSA) is 77.6 Å². The van der Waals surface area contributed by atoms with Crippen LogP contribution in [0.5, 0.6) is 5.75 Å². The van der Waals surface area contributed by atoms with Crippen molar-refractivity contribution in [1.29, 1.82) is 0 Å². The van der Waals surface area contributed by atoms with E-state index in [0.717, 1.165) is 11.0 Å². The number of rotatable bonds is 11. The summed E-state index contributed by atoms with van der Waals surface area (Å²) < 4.78 is 77.4. The van der Waals surface area contributed by atoms with E-state index in [1.165, 1.54) is 13.0 Å². The van der Waals surface area contributed by atoms with Crippen LogP contribution in [-0.4, -0.2) is 66.1 Å². The van der Waals surface area contributed by atoms with Crippen molar-refractivity contribution in [3.63, 3.8) is 0 Å². The normalized spacial score (nSPS) is 18.7.